The van der Waals surface area contributed by atoms with E-state index < -0.39 is 0 Å². The first-order chi connectivity index (χ1) is 6.83. The Bertz CT molecular complexity index is 347. The number of hydrogen-bond acceptors (Lipinski definition) is 1. The summed E-state index contributed by atoms with van der Waals surface area (Å²) >= 11 is 3.23. The van der Waals surface area contributed by atoms with Crippen molar-refractivity contribution in [3.8, 4) is 0 Å². The Morgan fingerprint density at radius 1 is 1.47 bits per heavy atom. The van der Waals surface area contributed by atoms with Crippen LogP contribution in [0.3, 0.4) is 0 Å². The van der Waals surface area contributed by atoms with E-state index in [9.17, 15) is 4.39 Å². The minimum atomic E-state index is -0.366. The van der Waals surface area contributed by atoms with Gasteiger partial charge >= 0.3 is 0 Å². The molecular weight excluding hydrogens is 257 g/mol. The summed E-state index contributed by atoms with van der Waals surface area (Å²) < 4.78 is 14.3. The van der Waals surface area contributed by atoms with Gasteiger partial charge < -0.3 is 5.73 Å². The van der Waals surface area contributed by atoms with Crippen LogP contribution in [0.4, 0.5) is 4.39 Å². The summed E-state index contributed by atoms with van der Waals surface area (Å²) in [7, 11) is 0. The topological polar surface area (TPSA) is 26.0 Å². The third-order valence-corrected chi connectivity index (χ3v) is 3.40. The standard InChI is InChI=1S/C12H17BrFN/c1-8(2)12(3,15)7-9-4-5-10(13)6-11(9)14/h4-6,8H,7,15H2,1-3H3. The van der Waals surface area contributed by atoms with Crippen LogP contribution in [-0.4, -0.2) is 5.54 Å². The van der Waals surface area contributed by atoms with Crippen LogP contribution in [-0.2, 0) is 6.42 Å². The van der Waals surface area contributed by atoms with Gasteiger partial charge in [0.05, 0.1) is 0 Å². The molecule has 0 amide bonds. The highest BCUT2D eigenvalue weighted by Gasteiger charge is 2.24. The van der Waals surface area contributed by atoms with Gasteiger partial charge in [0.1, 0.15) is 5.82 Å². The lowest BCUT2D eigenvalue weighted by Gasteiger charge is -2.29. The van der Waals surface area contributed by atoms with Gasteiger partial charge in [-0.05, 0) is 37.0 Å². The molecule has 1 unspecified atom stereocenters. The predicted molar refractivity (Wildman–Crippen MR) is 65.2 cm³/mol. The lowest BCUT2D eigenvalue weighted by Crippen LogP contribution is -2.44. The zero-order valence-corrected chi connectivity index (χ0v) is 10.9. The first-order valence-electron chi connectivity index (χ1n) is 5.06. The van der Waals surface area contributed by atoms with E-state index in [2.05, 4.69) is 29.8 Å². The van der Waals surface area contributed by atoms with Crippen LogP contribution in [0.1, 0.15) is 26.3 Å². The first-order valence-corrected chi connectivity index (χ1v) is 5.85. The highest BCUT2D eigenvalue weighted by atomic mass is 79.9. The third-order valence-electron chi connectivity index (χ3n) is 2.91. The summed E-state index contributed by atoms with van der Waals surface area (Å²) in [5.41, 5.74) is 6.43. The van der Waals surface area contributed by atoms with E-state index in [4.69, 9.17) is 5.73 Å². The van der Waals surface area contributed by atoms with Crippen molar-refractivity contribution in [3.63, 3.8) is 0 Å². The maximum atomic E-state index is 13.6. The lowest BCUT2D eigenvalue weighted by atomic mass is 9.83. The fraction of sp³-hybridized carbons (Fsp3) is 0.500. The second kappa shape index (κ2) is 4.62. The molecule has 1 nitrogen and oxygen atoms in total. The highest BCUT2D eigenvalue weighted by molar-refractivity contribution is 9.10. The van der Waals surface area contributed by atoms with Crippen LogP contribution < -0.4 is 5.73 Å². The SMILES string of the molecule is CC(C)C(C)(N)Cc1ccc(Br)cc1F. The Morgan fingerprint density at radius 2 is 2.07 bits per heavy atom. The molecule has 0 saturated carbocycles. The number of nitrogens with two attached hydrogens (primary N) is 1. The van der Waals surface area contributed by atoms with Gasteiger partial charge in [-0.15, -0.1) is 0 Å². The molecule has 0 bridgehead atoms. The van der Waals surface area contributed by atoms with E-state index in [1.54, 1.807) is 6.07 Å². The average molecular weight is 274 g/mol. The summed E-state index contributed by atoms with van der Waals surface area (Å²) in [6.07, 6.45) is 0.559. The van der Waals surface area contributed by atoms with E-state index >= 15 is 0 Å². The van der Waals surface area contributed by atoms with Crippen LogP contribution in [0.15, 0.2) is 22.7 Å². The summed E-state index contributed by atoms with van der Waals surface area (Å²) in [6.45, 7) is 6.06. The van der Waals surface area contributed by atoms with Crippen molar-refractivity contribution in [1.29, 1.82) is 0 Å². The van der Waals surface area contributed by atoms with Crippen molar-refractivity contribution in [1.82, 2.24) is 0 Å². The molecule has 0 aliphatic rings. The van der Waals surface area contributed by atoms with Crippen LogP contribution in [0, 0.1) is 11.7 Å². The Labute approximate surface area is 99.0 Å². The van der Waals surface area contributed by atoms with Gasteiger partial charge in [-0.1, -0.05) is 35.8 Å². The monoisotopic (exact) mass is 273 g/mol. The maximum Gasteiger partial charge on any atom is 0.127 e. The van der Waals surface area contributed by atoms with Gasteiger partial charge in [-0.2, -0.15) is 0 Å². The fourth-order valence-electron chi connectivity index (χ4n) is 1.28. The zero-order valence-electron chi connectivity index (χ0n) is 9.35. The quantitative estimate of drug-likeness (QED) is 0.896. The van der Waals surface area contributed by atoms with Crippen molar-refractivity contribution in [3.05, 3.63) is 34.1 Å². The minimum Gasteiger partial charge on any atom is -0.325 e. The van der Waals surface area contributed by atoms with Crippen LogP contribution >= 0.6 is 15.9 Å². The van der Waals surface area contributed by atoms with E-state index in [1.165, 1.54) is 6.07 Å². The molecule has 0 aliphatic heterocycles. The molecule has 2 N–H and O–H groups in total. The first kappa shape index (κ1) is 12.7. The Kier molecular flexibility index (Phi) is 3.90. The molecular formula is C12H17BrFN. The van der Waals surface area contributed by atoms with Crippen LogP contribution in [0.5, 0.6) is 0 Å². The summed E-state index contributed by atoms with van der Waals surface area (Å²) in [5, 5.41) is 0. The van der Waals surface area contributed by atoms with Crippen molar-refractivity contribution in [2.24, 2.45) is 11.7 Å². The van der Waals surface area contributed by atoms with Crippen molar-refractivity contribution >= 4 is 15.9 Å². The van der Waals surface area contributed by atoms with E-state index in [1.807, 2.05) is 13.0 Å². The molecule has 0 saturated heterocycles. The van der Waals surface area contributed by atoms with Gasteiger partial charge in [0.25, 0.3) is 0 Å². The molecule has 0 aromatic heterocycles. The van der Waals surface area contributed by atoms with Gasteiger partial charge in [-0.3, -0.25) is 0 Å². The summed E-state index contributed by atoms with van der Waals surface area (Å²) in [5.74, 6) is 0.127. The molecule has 0 fully saturated rings. The molecule has 1 rings (SSSR count). The molecule has 0 radical (unpaired) electrons. The minimum absolute atomic E-state index is 0.193. The van der Waals surface area contributed by atoms with E-state index in [0.29, 0.717) is 17.9 Å². The van der Waals surface area contributed by atoms with E-state index in [-0.39, 0.29) is 11.4 Å². The van der Waals surface area contributed by atoms with Gasteiger partial charge in [0, 0.05) is 10.0 Å². The molecule has 15 heavy (non-hydrogen) atoms. The number of hydrogen-bond donors (Lipinski definition) is 1. The number of rotatable bonds is 3. The highest BCUT2D eigenvalue weighted by Crippen LogP contribution is 2.22. The van der Waals surface area contributed by atoms with E-state index in [0.717, 1.165) is 4.47 Å². The Morgan fingerprint density at radius 3 is 2.53 bits per heavy atom. The number of benzene rings is 1. The maximum absolute atomic E-state index is 13.6. The lowest BCUT2D eigenvalue weighted by molar-refractivity contribution is 0.333. The Balaban J connectivity index is 2.90. The molecule has 0 aliphatic carbocycles. The molecule has 1 aromatic carbocycles. The largest absolute Gasteiger partial charge is 0.325 e. The Hall–Kier alpha value is -0.410. The molecule has 0 heterocycles. The van der Waals surface area contributed by atoms with Crippen LogP contribution in [0.25, 0.3) is 0 Å². The summed E-state index contributed by atoms with van der Waals surface area (Å²) in [4.78, 5) is 0. The zero-order chi connectivity index (χ0) is 11.6. The van der Waals surface area contributed by atoms with Crippen molar-refractivity contribution in [2.45, 2.75) is 32.7 Å². The van der Waals surface area contributed by atoms with Crippen molar-refractivity contribution < 1.29 is 4.39 Å². The second-order valence-corrected chi connectivity index (χ2v) is 5.49. The number of halogens is 2. The summed E-state index contributed by atoms with van der Waals surface area (Å²) in [6, 6.07) is 5.10. The van der Waals surface area contributed by atoms with Gasteiger partial charge in [-0.25, -0.2) is 4.39 Å². The fourth-order valence-corrected chi connectivity index (χ4v) is 1.61. The van der Waals surface area contributed by atoms with Gasteiger partial charge in [0.15, 0.2) is 0 Å². The average Bonchev–Trinajstić information content (AvgIpc) is 2.09. The molecule has 0 spiro atoms. The third kappa shape index (κ3) is 3.28. The molecule has 3 heteroatoms. The van der Waals surface area contributed by atoms with Crippen molar-refractivity contribution in [2.75, 3.05) is 0 Å². The molecule has 1 atom stereocenters. The van der Waals surface area contributed by atoms with Crippen LogP contribution in [0.2, 0.25) is 0 Å². The second-order valence-electron chi connectivity index (χ2n) is 4.57. The normalized spacial score (nSPS) is 15.4. The predicted octanol–water partition coefficient (Wildman–Crippen LogP) is 3.50. The molecule has 1 aromatic rings. The smallest absolute Gasteiger partial charge is 0.127 e. The molecule has 84 valence electrons. The van der Waals surface area contributed by atoms with Gasteiger partial charge in [0.2, 0.25) is 0 Å².